The Morgan fingerprint density at radius 1 is 0.947 bits per heavy atom. The molecule has 2 heterocycles. The highest BCUT2D eigenvalue weighted by atomic mass is 32.2. The molecule has 2 aliphatic rings. The molecule has 0 spiro atoms. The fourth-order valence-corrected chi connectivity index (χ4v) is 5.01. The van der Waals surface area contributed by atoms with Crippen molar-refractivity contribution in [3.63, 3.8) is 0 Å². The van der Waals surface area contributed by atoms with Crippen LogP contribution in [0.4, 0.5) is 4.79 Å². The third-order valence-corrected chi connectivity index (χ3v) is 6.99. The fraction of sp³-hybridized carbons (Fsp3) is 0.269. The quantitative estimate of drug-likeness (QED) is 0.377. The second-order valence-electron chi connectivity index (χ2n) is 8.28. The summed E-state index contributed by atoms with van der Waals surface area (Å²) in [5.74, 6) is -1.01. The predicted octanol–water partition coefficient (Wildman–Crippen LogP) is 2.55. The molecular formula is C26H25N3O8S. The van der Waals surface area contributed by atoms with Crippen molar-refractivity contribution in [2.45, 2.75) is 13.0 Å². The van der Waals surface area contributed by atoms with Crippen LogP contribution < -0.4 is 19.5 Å². The van der Waals surface area contributed by atoms with Gasteiger partial charge in [-0.1, -0.05) is 12.1 Å². The number of fused-ring (bicyclic) bond motifs is 1. The lowest BCUT2D eigenvalue weighted by molar-refractivity contribution is -0.126. The highest BCUT2D eigenvalue weighted by Crippen LogP contribution is 2.40. The number of hydrogen-bond donors (Lipinski definition) is 1. The fourth-order valence-electron chi connectivity index (χ4n) is 4.14. The number of carbonyl (C=O) groups is 5. The minimum Gasteiger partial charge on any atom is -0.493 e. The molecule has 0 aromatic heterocycles. The monoisotopic (exact) mass is 539 g/mol. The third kappa shape index (κ3) is 4.82. The van der Waals surface area contributed by atoms with Crippen LogP contribution in [0, 0.1) is 0 Å². The largest absolute Gasteiger partial charge is 0.493 e. The molecule has 0 bridgehead atoms. The maximum absolute atomic E-state index is 12.9. The van der Waals surface area contributed by atoms with Gasteiger partial charge in [0.15, 0.2) is 11.5 Å². The maximum atomic E-state index is 12.9. The Kier molecular flexibility index (Phi) is 7.72. The molecule has 2 aromatic carbocycles. The highest BCUT2D eigenvalue weighted by molar-refractivity contribution is 8.18. The minimum absolute atomic E-state index is 0.0537. The number of nitrogens with zero attached hydrogens (tertiary/aromatic N) is 2. The molecule has 0 aliphatic carbocycles. The summed E-state index contributed by atoms with van der Waals surface area (Å²) in [5.41, 5.74) is 1.05. The van der Waals surface area contributed by atoms with Crippen LogP contribution in [0.1, 0.15) is 33.2 Å². The van der Waals surface area contributed by atoms with Gasteiger partial charge in [0.25, 0.3) is 23.0 Å². The van der Waals surface area contributed by atoms with Crippen LogP contribution in [0.25, 0.3) is 6.08 Å². The van der Waals surface area contributed by atoms with E-state index in [1.807, 2.05) is 0 Å². The highest BCUT2D eigenvalue weighted by Gasteiger charge is 2.41. The second-order valence-corrected chi connectivity index (χ2v) is 9.28. The molecule has 2 aliphatic heterocycles. The first-order chi connectivity index (χ1) is 18.2. The molecule has 198 valence electrons. The number of carbonyl (C=O) groups excluding carboxylic acids is 5. The zero-order valence-corrected chi connectivity index (χ0v) is 21.9. The van der Waals surface area contributed by atoms with E-state index in [4.69, 9.17) is 14.2 Å². The van der Waals surface area contributed by atoms with Crippen molar-refractivity contribution >= 4 is 46.7 Å². The van der Waals surface area contributed by atoms with Gasteiger partial charge in [0.05, 0.1) is 37.4 Å². The number of hydrogen-bond acceptors (Lipinski definition) is 9. The van der Waals surface area contributed by atoms with Gasteiger partial charge in [-0.05, 0) is 54.6 Å². The Hall–Kier alpha value is -4.32. The molecule has 12 heteroatoms. The molecular weight excluding hydrogens is 514 g/mol. The Morgan fingerprint density at radius 3 is 2.05 bits per heavy atom. The molecule has 2 aromatic rings. The summed E-state index contributed by atoms with van der Waals surface area (Å²) in [5, 5.41) is 2.11. The van der Waals surface area contributed by atoms with E-state index in [1.165, 1.54) is 46.5 Å². The van der Waals surface area contributed by atoms with Gasteiger partial charge in [-0.15, -0.1) is 0 Å². The number of amides is 5. The van der Waals surface area contributed by atoms with E-state index in [0.717, 1.165) is 21.6 Å². The summed E-state index contributed by atoms with van der Waals surface area (Å²) in [6.07, 6.45) is 1.54. The third-order valence-electron chi connectivity index (χ3n) is 6.09. The van der Waals surface area contributed by atoms with Crippen molar-refractivity contribution in [3.05, 3.63) is 58.0 Å². The minimum atomic E-state index is -1.07. The summed E-state index contributed by atoms with van der Waals surface area (Å²) in [6.45, 7) is 1.30. The first kappa shape index (κ1) is 26.7. The van der Waals surface area contributed by atoms with Crippen molar-refractivity contribution in [1.29, 1.82) is 0 Å². The average Bonchev–Trinajstić information content (AvgIpc) is 3.33. The lowest BCUT2D eigenvalue weighted by atomic mass is 10.1. The zero-order valence-electron chi connectivity index (χ0n) is 21.1. The van der Waals surface area contributed by atoms with Crippen LogP contribution in [-0.4, -0.2) is 79.1 Å². The first-order valence-electron chi connectivity index (χ1n) is 11.5. The molecule has 4 rings (SSSR count). The molecule has 1 N–H and O–H groups in total. The normalized spacial score (nSPS) is 16.7. The van der Waals surface area contributed by atoms with Gasteiger partial charge >= 0.3 is 0 Å². The van der Waals surface area contributed by atoms with E-state index >= 15 is 0 Å². The van der Waals surface area contributed by atoms with Gasteiger partial charge in [0.2, 0.25) is 11.7 Å². The van der Waals surface area contributed by atoms with Gasteiger partial charge in [0.1, 0.15) is 6.04 Å². The summed E-state index contributed by atoms with van der Waals surface area (Å²) in [6, 6.07) is 8.58. The SMILES string of the molecule is COc1cc(/C=C2/SC(=O)N(CCNC(=O)C(C)N3C(=O)c4ccccc4C3=O)C2=O)cc(OC)c1OC. The standard InChI is InChI=1S/C26H25N3O8S/c1-14(29-23(31)16-7-5-6-8-17(16)24(29)32)22(30)27-9-10-28-25(33)20(38-26(28)34)13-15-11-18(35-2)21(37-4)19(12-15)36-3/h5-8,11-14H,9-10H2,1-4H3,(H,27,30)/b20-13+. The number of ether oxygens (including phenoxy) is 3. The number of rotatable bonds is 9. The van der Waals surface area contributed by atoms with E-state index in [9.17, 15) is 24.0 Å². The molecule has 0 saturated carbocycles. The van der Waals surface area contributed by atoms with E-state index in [-0.39, 0.29) is 29.1 Å². The van der Waals surface area contributed by atoms with Gasteiger partial charge in [0, 0.05) is 13.1 Å². The van der Waals surface area contributed by atoms with Crippen LogP contribution in [0.2, 0.25) is 0 Å². The van der Waals surface area contributed by atoms with Gasteiger partial charge in [-0.2, -0.15) is 0 Å². The van der Waals surface area contributed by atoms with Gasteiger partial charge in [-0.25, -0.2) is 0 Å². The average molecular weight is 540 g/mol. The van der Waals surface area contributed by atoms with Crippen LogP contribution in [0.5, 0.6) is 17.2 Å². The molecule has 11 nitrogen and oxygen atoms in total. The first-order valence-corrected chi connectivity index (χ1v) is 12.3. The topological polar surface area (TPSA) is 132 Å². The number of benzene rings is 2. The van der Waals surface area contributed by atoms with E-state index in [1.54, 1.807) is 24.3 Å². The zero-order chi connectivity index (χ0) is 27.6. The van der Waals surface area contributed by atoms with Crippen molar-refractivity contribution in [2.24, 2.45) is 0 Å². The summed E-state index contributed by atoms with van der Waals surface area (Å²) >= 11 is 0.768. The second kappa shape index (κ2) is 11.0. The Labute approximate surface area is 222 Å². The number of imide groups is 2. The maximum Gasteiger partial charge on any atom is 0.293 e. The van der Waals surface area contributed by atoms with Crippen molar-refractivity contribution in [2.75, 3.05) is 34.4 Å². The van der Waals surface area contributed by atoms with Crippen molar-refractivity contribution in [3.8, 4) is 17.2 Å². The Bertz CT molecular complexity index is 1310. The molecule has 0 radical (unpaired) electrons. The lowest BCUT2D eigenvalue weighted by Gasteiger charge is -2.22. The van der Waals surface area contributed by atoms with Crippen molar-refractivity contribution in [1.82, 2.24) is 15.1 Å². The van der Waals surface area contributed by atoms with Crippen molar-refractivity contribution < 1.29 is 38.2 Å². The van der Waals surface area contributed by atoms with Crippen LogP contribution >= 0.6 is 11.8 Å². The molecule has 1 fully saturated rings. The molecule has 1 saturated heterocycles. The van der Waals surface area contributed by atoms with E-state index in [0.29, 0.717) is 22.8 Å². The lowest BCUT2D eigenvalue weighted by Crippen LogP contribution is -2.49. The molecule has 5 amide bonds. The number of methoxy groups -OCH3 is 3. The molecule has 1 atom stereocenters. The summed E-state index contributed by atoms with van der Waals surface area (Å²) in [7, 11) is 4.42. The number of thioether (sulfide) groups is 1. The van der Waals surface area contributed by atoms with E-state index < -0.39 is 34.9 Å². The molecule has 1 unspecified atom stereocenters. The predicted molar refractivity (Wildman–Crippen MR) is 138 cm³/mol. The van der Waals surface area contributed by atoms with Gasteiger partial charge in [-0.3, -0.25) is 33.8 Å². The molecule has 38 heavy (non-hydrogen) atoms. The number of nitrogens with one attached hydrogen (secondary N) is 1. The Morgan fingerprint density at radius 2 is 1.53 bits per heavy atom. The van der Waals surface area contributed by atoms with Crippen LogP contribution in [-0.2, 0) is 9.59 Å². The Balaban J connectivity index is 1.39. The van der Waals surface area contributed by atoms with Crippen LogP contribution in [0.15, 0.2) is 41.3 Å². The van der Waals surface area contributed by atoms with Gasteiger partial charge < -0.3 is 19.5 Å². The van der Waals surface area contributed by atoms with E-state index in [2.05, 4.69) is 5.32 Å². The summed E-state index contributed by atoms with van der Waals surface area (Å²) in [4.78, 5) is 65.5. The smallest absolute Gasteiger partial charge is 0.293 e. The summed E-state index contributed by atoms with van der Waals surface area (Å²) < 4.78 is 16.0. The van der Waals surface area contributed by atoms with Crippen LogP contribution in [0.3, 0.4) is 0 Å².